The number of hydrogen-bond donors (Lipinski definition) is 2. The lowest BCUT2D eigenvalue weighted by Crippen LogP contribution is -1.83. The summed E-state index contributed by atoms with van der Waals surface area (Å²) in [7, 11) is 0. The molecule has 0 fully saturated rings. The van der Waals surface area contributed by atoms with E-state index in [1.165, 1.54) is 0 Å². The summed E-state index contributed by atoms with van der Waals surface area (Å²) in [5.41, 5.74) is 1.31. The van der Waals surface area contributed by atoms with Gasteiger partial charge in [0.25, 0.3) is 0 Å². The highest BCUT2D eigenvalue weighted by atomic mass is 127. The van der Waals surface area contributed by atoms with Gasteiger partial charge in [-0.1, -0.05) is 0 Å². The maximum absolute atomic E-state index is 9.79. The van der Waals surface area contributed by atoms with Crippen molar-refractivity contribution in [3.63, 3.8) is 0 Å². The largest absolute Gasteiger partial charge is 0.507 e. The maximum atomic E-state index is 9.79. The van der Waals surface area contributed by atoms with E-state index in [0.29, 0.717) is 11.1 Å². The molecule has 0 aliphatic carbocycles. The van der Waals surface area contributed by atoms with Gasteiger partial charge in [0.15, 0.2) is 0 Å². The highest BCUT2D eigenvalue weighted by Crippen LogP contribution is 2.36. The Balaban J connectivity index is 2.66. The van der Waals surface area contributed by atoms with Crippen LogP contribution in [0, 0.1) is 7.14 Å². The zero-order chi connectivity index (χ0) is 11.7. The Hall–Kier alpha value is -0.500. The summed E-state index contributed by atoms with van der Waals surface area (Å²) in [5, 5.41) is 19.6. The van der Waals surface area contributed by atoms with Crippen molar-refractivity contribution in [1.82, 2.24) is 0 Å². The topological polar surface area (TPSA) is 40.5 Å². The van der Waals surface area contributed by atoms with E-state index < -0.39 is 0 Å². The van der Waals surface area contributed by atoms with Crippen LogP contribution < -0.4 is 0 Å². The first-order valence-electron chi connectivity index (χ1n) is 4.55. The van der Waals surface area contributed by atoms with Crippen molar-refractivity contribution in [1.29, 1.82) is 0 Å². The van der Waals surface area contributed by atoms with E-state index in [1.807, 2.05) is 24.3 Å². The second-order valence-corrected chi connectivity index (χ2v) is 5.81. The van der Waals surface area contributed by atoms with Crippen molar-refractivity contribution in [2.75, 3.05) is 0 Å². The van der Waals surface area contributed by atoms with Crippen LogP contribution in [0.2, 0.25) is 0 Å². The summed E-state index contributed by atoms with van der Waals surface area (Å²) in [6.07, 6.45) is 0. The summed E-state index contributed by atoms with van der Waals surface area (Å²) >= 11 is 4.35. The molecule has 0 heterocycles. The summed E-state index contributed by atoms with van der Waals surface area (Å²) in [4.78, 5) is 0. The SMILES string of the molecule is Oc1ccc(I)cc1-c1cc(I)ccc1O. The molecule has 82 valence electrons. The fourth-order valence-corrected chi connectivity index (χ4v) is 2.43. The lowest BCUT2D eigenvalue weighted by atomic mass is 10.0. The molecule has 0 saturated carbocycles. The molecule has 0 radical (unpaired) electrons. The Kier molecular flexibility index (Phi) is 3.58. The van der Waals surface area contributed by atoms with E-state index in [4.69, 9.17) is 0 Å². The number of phenolic OH excluding ortho intramolecular Hbond substituents is 2. The average Bonchev–Trinajstić information content (AvgIpc) is 2.25. The van der Waals surface area contributed by atoms with Gasteiger partial charge in [-0.15, -0.1) is 0 Å². The molecule has 4 heteroatoms. The van der Waals surface area contributed by atoms with Crippen LogP contribution >= 0.6 is 45.2 Å². The lowest BCUT2D eigenvalue weighted by Gasteiger charge is -2.08. The highest BCUT2D eigenvalue weighted by Gasteiger charge is 2.09. The number of rotatable bonds is 1. The van der Waals surface area contributed by atoms with Crippen molar-refractivity contribution >= 4 is 45.2 Å². The van der Waals surface area contributed by atoms with Crippen LogP contribution in [-0.4, -0.2) is 10.2 Å². The molecule has 0 bridgehead atoms. The minimum Gasteiger partial charge on any atom is -0.507 e. The van der Waals surface area contributed by atoms with Gasteiger partial charge in [-0.3, -0.25) is 0 Å². The predicted molar refractivity (Wildman–Crippen MR) is 80.6 cm³/mol. The molecule has 0 aliphatic rings. The van der Waals surface area contributed by atoms with Crippen molar-refractivity contribution < 1.29 is 10.2 Å². The van der Waals surface area contributed by atoms with Crippen molar-refractivity contribution in [3.05, 3.63) is 43.5 Å². The fourth-order valence-electron chi connectivity index (χ4n) is 1.45. The molecule has 0 unspecified atom stereocenters. The van der Waals surface area contributed by atoms with Gasteiger partial charge in [-0.2, -0.15) is 0 Å². The molecule has 2 aromatic rings. The Morgan fingerprint density at radius 1 is 0.688 bits per heavy atom. The molecule has 2 aromatic carbocycles. The van der Waals surface area contributed by atoms with Crippen LogP contribution in [0.1, 0.15) is 0 Å². The smallest absolute Gasteiger partial charge is 0.123 e. The van der Waals surface area contributed by atoms with Crippen LogP contribution in [0.15, 0.2) is 36.4 Å². The van der Waals surface area contributed by atoms with E-state index in [0.717, 1.165) is 7.14 Å². The third kappa shape index (κ3) is 2.42. The standard InChI is InChI=1S/C12H8I2O2/c13-7-1-3-11(15)9(5-7)10-6-8(14)2-4-12(10)16/h1-6,15-16H. The Bertz CT molecular complexity index is 489. The average molecular weight is 438 g/mol. The Morgan fingerprint density at radius 3 is 1.44 bits per heavy atom. The lowest BCUT2D eigenvalue weighted by molar-refractivity contribution is 0.469. The highest BCUT2D eigenvalue weighted by molar-refractivity contribution is 14.1. The van der Waals surface area contributed by atoms with Gasteiger partial charge in [-0.25, -0.2) is 0 Å². The van der Waals surface area contributed by atoms with E-state index in [2.05, 4.69) is 45.2 Å². The third-order valence-electron chi connectivity index (χ3n) is 2.21. The van der Waals surface area contributed by atoms with Gasteiger partial charge in [0.05, 0.1) is 0 Å². The van der Waals surface area contributed by atoms with E-state index >= 15 is 0 Å². The second-order valence-electron chi connectivity index (χ2n) is 3.32. The van der Waals surface area contributed by atoms with Gasteiger partial charge in [-0.05, 0) is 81.6 Å². The van der Waals surface area contributed by atoms with Crippen LogP contribution in [0.5, 0.6) is 11.5 Å². The van der Waals surface area contributed by atoms with E-state index in [1.54, 1.807) is 12.1 Å². The van der Waals surface area contributed by atoms with Gasteiger partial charge < -0.3 is 10.2 Å². The number of phenols is 2. The molecule has 2 N–H and O–H groups in total. The second kappa shape index (κ2) is 4.79. The zero-order valence-electron chi connectivity index (χ0n) is 8.11. The number of hydrogen-bond acceptors (Lipinski definition) is 2. The molecule has 0 spiro atoms. The molecule has 0 aromatic heterocycles. The van der Waals surface area contributed by atoms with Crippen LogP contribution in [0.4, 0.5) is 0 Å². The third-order valence-corrected chi connectivity index (χ3v) is 3.55. The van der Waals surface area contributed by atoms with Crippen molar-refractivity contribution in [3.8, 4) is 22.6 Å². The first kappa shape index (κ1) is 12.0. The Labute approximate surface area is 121 Å². The molecule has 0 saturated heterocycles. The summed E-state index contributed by atoms with van der Waals surface area (Å²) in [5.74, 6) is 0.357. The van der Waals surface area contributed by atoms with Gasteiger partial charge in [0.1, 0.15) is 11.5 Å². The van der Waals surface area contributed by atoms with Crippen LogP contribution in [0.25, 0.3) is 11.1 Å². The fraction of sp³-hybridized carbons (Fsp3) is 0. The first-order valence-corrected chi connectivity index (χ1v) is 6.71. The van der Waals surface area contributed by atoms with Crippen LogP contribution in [0.3, 0.4) is 0 Å². The summed E-state index contributed by atoms with van der Waals surface area (Å²) in [6.45, 7) is 0. The molecular weight excluding hydrogens is 430 g/mol. The Morgan fingerprint density at radius 2 is 1.06 bits per heavy atom. The molecule has 0 amide bonds. The predicted octanol–water partition coefficient (Wildman–Crippen LogP) is 3.97. The van der Waals surface area contributed by atoms with Gasteiger partial charge in [0, 0.05) is 18.3 Å². The molecule has 0 aliphatic heterocycles. The summed E-state index contributed by atoms with van der Waals surface area (Å²) in [6, 6.07) is 10.6. The molecule has 0 atom stereocenters. The number of aromatic hydroxyl groups is 2. The van der Waals surface area contributed by atoms with Crippen molar-refractivity contribution in [2.24, 2.45) is 0 Å². The van der Waals surface area contributed by atoms with E-state index in [9.17, 15) is 10.2 Å². The van der Waals surface area contributed by atoms with E-state index in [-0.39, 0.29) is 11.5 Å². The van der Waals surface area contributed by atoms with Crippen LogP contribution in [-0.2, 0) is 0 Å². The quantitative estimate of drug-likeness (QED) is 0.662. The summed E-state index contributed by atoms with van der Waals surface area (Å²) < 4.78 is 2.03. The van der Waals surface area contributed by atoms with Crippen molar-refractivity contribution in [2.45, 2.75) is 0 Å². The molecule has 16 heavy (non-hydrogen) atoms. The normalized spacial score (nSPS) is 10.4. The van der Waals surface area contributed by atoms with Gasteiger partial charge in [0.2, 0.25) is 0 Å². The maximum Gasteiger partial charge on any atom is 0.123 e. The molecular formula is C12H8I2O2. The minimum atomic E-state index is 0.178. The molecule has 2 nitrogen and oxygen atoms in total. The monoisotopic (exact) mass is 438 g/mol. The minimum absolute atomic E-state index is 0.178. The molecule has 2 rings (SSSR count). The zero-order valence-corrected chi connectivity index (χ0v) is 12.4. The van der Waals surface area contributed by atoms with Gasteiger partial charge >= 0.3 is 0 Å². The number of halogens is 2. The first-order chi connectivity index (χ1) is 7.58. The number of benzene rings is 2.